The first-order chi connectivity index (χ1) is 12.6. The number of piperidine rings is 2. The Balaban J connectivity index is 1.34. The molecule has 1 saturated carbocycles. The van der Waals surface area contributed by atoms with Crippen molar-refractivity contribution >= 4 is 11.8 Å². The minimum absolute atomic E-state index is 0.130. The van der Waals surface area contributed by atoms with Crippen LogP contribution in [0.1, 0.15) is 58.3 Å². The van der Waals surface area contributed by atoms with Gasteiger partial charge in [0.2, 0.25) is 11.8 Å². The van der Waals surface area contributed by atoms with Crippen LogP contribution in [0.25, 0.3) is 0 Å². The van der Waals surface area contributed by atoms with Crippen LogP contribution in [-0.2, 0) is 9.59 Å². The lowest BCUT2D eigenvalue weighted by Gasteiger charge is -2.43. The summed E-state index contributed by atoms with van der Waals surface area (Å²) in [4.78, 5) is 30.4. The Morgan fingerprint density at radius 2 is 1.77 bits per heavy atom. The predicted molar refractivity (Wildman–Crippen MR) is 102 cm³/mol. The Bertz CT molecular complexity index is 543. The molecule has 3 heterocycles. The zero-order valence-corrected chi connectivity index (χ0v) is 16.3. The fourth-order valence-corrected chi connectivity index (χ4v) is 5.96. The third-order valence-electron chi connectivity index (χ3n) is 7.56. The average Bonchev–Trinajstić information content (AvgIpc) is 3.12. The normalized spacial score (nSPS) is 36.0. The third kappa shape index (κ3) is 3.28. The molecule has 0 aromatic heterocycles. The fraction of sp³-hybridized carbons (Fsp3) is 0.905. The highest BCUT2D eigenvalue weighted by molar-refractivity contribution is 5.85. The van der Waals surface area contributed by atoms with Crippen molar-refractivity contribution in [1.29, 1.82) is 0 Å². The maximum absolute atomic E-state index is 13.4. The molecule has 0 aromatic carbocycles. The summed E-state index contributed by atoms with van der Waals surface area (Å²) in [7, 11) is 0. The van der Waals surface area contributed by atoms with Crippen molar-refractivity contribution in [1.82, 2.24) is 15.1 Å². The van der Waals surface area contributed by atoms with E-state index < -0.39 is 0 Å². The molecule has 3 atom stereocenters. The molecule has 0 radical (unpaired) electrons. The second kappa shape index (κ2) is 7.49. The van der Waals surface area contributed by atoms with E-state index in [2.05, 4.69) is 22.0 Å². The number of hydrogen-bond acceptors (Lipinski definition) is 3. The smallest absolute Gasteiger partial charge is 0.230 e. The number of amides is 2. The van der Waals surface area contributed by atoms with Crippen molar-refractivity contribution in [2.45, 2.75) is 58.3 Å². The zero-order chi connectivity index (χ0) is 18.1. The van der Waals surface area contributed by atoms with Gasteiger partial charge < -0.3 is 15.1 Å². The third-order valence-corrected chi connectivity index (χ3v) is 7.56. The monoisotopic (exact) mass is 361 g/mol. The zero-order valence-electron chi connectivity index (χ0n) is 16.3. The molecule has 26 heavy (non-hydrogen) atoms. The van der Waals surface area contributed by atoms with Gasteiger partial charge in [-0.15, -0.1) is 0 Å². The van der Waals surface area contributed by atoms with Crippen molar-refractivity contribution in [3.63, 3.8) is 0 Å². The van der Waals surface area contributed by atoms with E-state index in [1.54, 1.807) is 0 Å². The van der Waals surface area contributed by atoms with Gasteiger partial charge in [0.25, 0.3) is 0 Å². The minimum Gasteiger partial charge on any atom is -0.342 e. The molecule has 1 unspecified atom stereocenters. The summed E-state index contributed by atoms with van der Waals surface area (Å²) in [5.41, 5.74) is -0.141. The molecule has 5 nitrogen and oxygen atoms in total. The van der Waals surface area contributed by atoms with Gasteiger partial charge in [0.1, 0.15) is 0 Å². The first-order valence-electron chi connectivity index (χ1n) is 10.9. The molecule has 4 aliphatic rings. The molecular formula is C21H35N3O2. The lowest BCUT2D eigenvalue weighted by atomic mass is 9.67. The molecule has 1 N–H and O–H groups in total. The van der Waals surface area contributed by atoms with Crippen molar-refractivity contribution in [2.24, 2.45) is 23.2 Å². The minimum atomic E-state index is -0.141. The number of fused-ring (bicyclic) bond motifs is 1. The second-order valence-corrected chi connectivity index (χ2v) is 9.33. The Kier molecular flexibility index (Phi) is 5.27. The summed E-state index contributed by atoms with van der Waals surface area (Å²) in [5.74, 6) is 2.01. The molecule has 3 aliphatic heterocycles. The number of rotatable bonds is 2. The number of carbonyl (C=O) groups is 2. The summed E-state index contributed by atoms with van der Waals surface area (Å²) in [5, 5.41) is 3.49. The summed E-state index contributed by atoms with van der Waals surface area (Å²) in [6, 6.07) is 0. The highest BCUT2D eigenvalue weighted by atomic mass is 16.2. The number of hydrogen-bond donors (Lipinski definition) is 1. The van der Waals surface area contributed by atoms with Crippen molar-refractivity contribution in [3.05, 3.63) is 0 Å². The molecular weight excluding hydrogens is 326 g/mol. The Hall–Kier alpha value is -1.10. The molecule has 3 saturated heterocycles. The lowest BCUT2D eigenvalue weighted by Crippen LogP contribution is -2.53. The van der Waals surface area contributed by atoms with Crippen molar-refractivity contribution < 1.29 is 9.59 Å². The second-order valence-electron chi connectivity index (χ2n) is 9.33. The van der Waals surface area contributed by atoms with Gasteiger partial charge in [0.15, 0.2) is 0 Å². The van der Waals surface area contributed by atoms with E-state index in [1.165, 1.54) is 25.7 Å². The molecule has 4 rings (SSSR count). The van der Waals surface area contributed by atoms with Gasteiger partial charge in [-0.3, -0.25) is 9.59 Å². The molecule has 0 bridgehead atoms. The molecule has 0 aromatic rings. The SMILES string of the molecule is CC1CCCN(C(=O)C2CCN(C(=O)[C@@]34CCCC[C@H]3CNC4)CC2)C1. The van der Waals surface area contributed by atoms with Crippen LogP contribution in [0.3, 0.4) is 0 Å². The van der Waals surface area contributed by atoms with Crippen LogP contribution >= 0.6 is 0 Å². The van der Waals surface area contributed by atoms with Gasteiger partial charge in [-0.1, -0.05) is 19.8 Å². The first-order valence-corrected chi connectivity index (χ1v) is 10.9. The fourth-order valence-electron chi connectivity index (χ4n) is 5.96. The quantitative estimate of drug-likeness (QED) is 0.821. The molecule has 4 fully saturated rings. The van der Waals surface area contributed by atoms with Crippen LogP contribution in [0.5, 0.6) is 0 Å². The number of carbonyl (C=O) groups excluding carboxylic acids is 2. The molecule has 5 heteroatoms. The molecule has 0 spiro atoms. The lowest BCUT2D eigenvalue weighted by molar-refractivity contribution is -0.149. The van der Waals surface area contributed by atoms with E-state index in [4.69, 9.17) is 0 Å². The summed E-state index contributed by atoms with van der Waals surface area (Å²) in [6.45, 7) is 7.51. The predicted octanol–water partition coefficient (Wildman–Crippen LogP) is 2.26. The summed E-state index contributed by atoms with van der Waals surface area (Å²) in [6.07, 6.45) is 8.79. The van der Waals surface area contributed by atoms with Gasteiger partial charge in [0, 0.05) is 38.6 Å². The molecule has 2 amide bonds. The Morgan fingerprint density at radius 1 is 0.962 bits per heavy atom. The Labute approximate surface area is 157 Å². The van der Waals surface area contributed by atoms with E-state index in [0.29, 0.717) is 23.7 Å². The Morgan fingerprint density at radius 3 is 2.54 bits per heavy atom. The topological polar surface area (TPSA) is 52.7 Å². The van der Waals surface area contributed by atoms with E-state index in [1.807, 2.05) is 0 Å². The maximum Gasteiger partial charge on any atom is 0.230 e. The van der Waals surface area contributed by atoms with Gasteiger partial charge in [0.05, 0.1) is 5.41 Å². The van der Waals surface area contributed by atoms with Crippen LogP contribution in [-0.4, -0.2) is 60.9 Å². The largest absolute Gasteiger partial charge is 0.342 e. The van der Waals surface area contributed by atoms with E-state index in [0.717, 1.165) is 65.0 Å². The van der Waals surface area contributed by atoms with E-state index >= 15 is 0 Å². The first kappa shape index (κ1) is 18.3. The van der Waals surface area contributed by atoms with Gasteiger partial charge in [-0.05, 0) is 56.9 Å². The van der Waals surface area contributed by atoms with Crippen LogP contribution in [0, 0.1) is 23.2 Å². The van der Waals surface area contributed by atoms with Crippen LogP contribution in [0.2, 0.25) is 0 Å². The van der Waals surface area contributed by atoms with Crippen molar-refractivity contribution in [2.75, 3.05) is 39.3 Å². The van der Waals surface area contributed by atoms with Gasteiger partial charge in [-0.25, -0.2) is 0 Å². The summed E-state index contributed by atoms with van der Waals surface area (Å²) < 4.78 is 0. The maximum atomic E-state index is 13.4. The van der Waals surface area contributed by atoms with Crippen molar-refractivity contribution in [3.8, 4) is 0 Å². The van der Waals surface area contributed by atoms with E-state index in [-0.39, 0.29) is 11.3 Å². The van der Waals surface area contributed by atoms with Crippen LogP contribution < -0.4 is 5.32 Å². The van der Waals surface area contributed by atoms with Gasteiger partial charge in [-0.2, -0.15) is 0 Å². The number of nitrogens with one attached hydrogen (secondary N) is 1. The highest BCUT2D eigenvalue weighted by Gasteiger charge is 2.51. The standard InChI is InChI=1S/C21H35N3O2/c1-16-5-4-10-24(14-16)19(25)17-7-11-23(12-8-17)20(26)21-9-3-2-6-18(21)13-22-15-21/h16-18,22H,2-15H2,1H3/t16?,18-,21+/m0/s1. The number of likely N-dealkylation sites (tertiary alicyclic amines) is 2. The summed E-state index contributed by atoms with van der Waals surface area (Å²) >= 11 is 0. The number of nitrogens with zero attached hydrogens (tertiary/aromatic N) is 2. The molecule has 1 aliphatic carbocycles. The van der Waals surface area contributed by atoms with Crippen LogP contribution in [0.15, 0.2) is 0 Å². The highest BCUT2D eigenvalue weighted by Crippen LogP contribution is 2.45. The van der Waals surface area contributed by atoms with Crippen LogP contribution in [0.4, 0.5) is 0 Å². The van der Waals surface area contributed by atoms with Gasteiger partial charge >= 0.3 is 0 Å². The van der Waals surface area contributed by atoms with E-state index in [9.17, 15) is 9.59 Å². The average molecular weight is 362 g/mol. The molecule has 146 valence electrons.